The number of carbonyl (C=O) groups is 2. The van der Waals surface area contributed by atoms with E-state index in [0.29, 0.717) is 17.7 Å². The summed E-state index contributed by atoms with van der Waals surface area (Å²) in [4.78, 5) is 24.3. The highest BCUT2D eigenvalue weighted by Gasteiger charge is 2.20. The highest BCUT2D eigenvalue weighted by Crippen LogP contribution is 2.15. The van der Waals surface area contributed by atoms with Crippen LogP contribution in [0.25, 0.3) is 0 Å². The number of hydrogen-bond donors (Lipinski definition) is 2. The zero-order valence-corrected chi connectivity index (χ0v) is 16.5. The summed E-state index contributed by atoms with van der Waals surface area (Å²) in [5.41, 5.74) is 2.30. The molecule has 6 nitrogen and oxygen atoms in total. The molecule has 0 aliphatic heterocycles. The minimum Gasteiger partial charge on any atom is -0.352 e. The number of sulfonamides is 1. The molecule has 0 aliphatic carbocycles. The molecule has 0 heterocycles. The fourth-order valence-electron chi connectivity index (χ4n) is 2.50. The lowest BCUT2D eigenvalue weighted by Crippen LogP contribution is -2.31. The van der Waals surface area contributed by atoms with Crippen molar-refractivity contribution in [3.63, 3.8) is 0 Å². The third-order valence-electron chi connectivity index (χ3n) is 4.32. The van der Waals surface area contributed by atoms with E-state index in [1.807, 2.05) is 19.9 Å². The predicted octanol–water partition coefficient (Wildman–Crippen LogP) is 2.95. The van der Waals surface area contributed by atoms with Gasteiger partial charge in [-0.05, 0) is 61.7 Å². The van der Waals surface area contributed by atoms with Gasteiger partial charge in [0.2, 0.25) is 0 Å². The Morgan fingerprint density at radius 1 is 0.963 bits per heavy atom. The largest absolute Gasteiger partial charge is 0.352 e. The molecule has 0 aliphatic rings. The summed E-state index contributed by atoms with van der Waals surface area (Å²) in [6, 6.07) is 10.6. The lowest BCUT2D eigenvalue weighted by Gasteiger charge is -2.11. The van der Waals surface area contributed by atoms with Crippen LogP contribution < -0.4 is 10.0 Å². The zero-order chi connectivity index (χ0) is 20.0. The third kappa shape index (κ3) is 5.17. The number of rotatable bonds is 7. The number of nitrogens with one attached hydrogen (secondary N) is 2. The van der Waals surface area contributed by atoms with Crippen LogP contribution in [0.2, 0.25) is 0 Å². The van der Waals surface area contributed by atoms with Crippen LogP contribution in [0.15, 0.2) is 47.4 Å². The molecule has 27 heavy (non-hydrogen) atoms. The van der Waals surface area contributed by atoms with Gasteiger partial charge in [0.25, 0.3) is 21.8 Å². The van der Waals surface area contributed by atoms with Crippen LogP contribution in [0, 0.1) is 13.8 Å². The Labute approximate surface area is 160 Å². The van der Waals surface area contributed by atoms with Crippen LogP contribution in [0.3, 0.4) is 0 Å². The number of carbonyl (C=O) groups excluding carboxylic acids is 2. The van der Waals surface area contributed by atoms with E-state index in [4.69, 9.17) is 0 Å². The van der Waals surface area contributed by atoms with Gasteiger partial charge in [-0.2, -0.15) is 0 Å². The van der Waals surface area contributed by atoms with E-state index >= 15 is 0 Å². The molecular formula is C20H24N2O4S. The van der Waals surface area contributed by atoms with Crippen molar-refractivity contribution in [2.45, 2.75) is 38.5 Å². The highest BCUT2D eigenvalue weighted by atomic mass is 32.2. The SMILES string of the molecule is CCCCNC(=O)c1ccc(S(=O)(=O)NC(=O)c2cccc(C)c2C)cc1. The Morgan fingerprint density at radius 3 is 2.26 bits per heavy atom. The van der Waals surface area contributed by atoms with Crippen molar-refractivity contribution in [3.05, 3.63) is 64.7 Å². The van der Waals surface area contributed by atoms with E-state index in [1.54, 1.807) is 19.1 Å². The van der Waals surface area contributed by atoms with Crippen LogP contribution in [0.1, 0.15) is 51.6 Å². The molecular weight excluding hydrogens is 364 g/mol. The monoisotopic (exact) mass is 388 g/mol. The van der Waals surface area contributed by atoms with E-state index in [9.17, 15) is 18.0 Å². The van der Waals surface area contributed by atoms with E-state index in [-0.39, 0.29) is 10.8 Å². The van der Waals surface area contributed by atoms with E-state index < -0.39 is 15.9 Å². The normalized spacial score (nSPS) is 11.1. The molecule has 0 fully saturated rings. The number of aryl methyl sites for hydroxylation is 1. The van der Waals surface area contributed by atoms with Crippen molar-refractivity contribution in [1.29, 1.82) is 0 Å². The third-order valence-corrected chi connectivity index (χ3v) is 5.67. The molecule has 2 aromatic carbocycles. The molecule has 0 atom stereocenters. The molecule has 0 aromatic heterocycles. The number of hydrogen-bond acceptors (Lipinski definition) is 4. The van der Waals surface area contributed by atoms with E-state index in [1.165, 1.54) is 24.3 Å². The van der Waals surface area contributed by atoms with Gasteiger partial charge < -0.3 is 5.32 Å². The van der Waals surface area contributed by atoms with Crippen molar-refractivity contribution < 1.29 is 18.0 Å². The molecule has 0 radical (unpaired) electrons. The van der Waals surface area contributed by atoms with Gasteiger partial charge in [0.1, 0.15) is 0 Å². The fourth-order valence-corrected chi connectivity index (χ4v) is 3.47. The van der Waals surface area contributed by atoms with Crippen molar-refractivity contribution >= 4 is 21.8 Å². The zero-order valence-electron chi connectivity index (χ0n) is 15.7. The number of amides is 2. The molecule has 144 valence electrons. The van der Waals surface area contributed by atoms with Crippen LogP contribution >= 0.6 is 0 Å². The first-order chi connectivity index (χ1) is 12.8. The molecule has 0 unspecified atom stereocenters. The molecule has 2 N–H and O–H groups in total. The van der Waals surface area contributed by atoms with Gasteiger partial charge in [-0.3, -0.25) is 9.59 Å². The van der Waals surface area contributed by atoms with Gasteiger partial charge in [0, 0.05) is 17.7 Å². The summed E-state index contributed by atoms with van der Waals surface area (Å²) in [5.74, 6) is -0.940. The van der Waals surface area contributed by atoms with Crippen LogP contribution in [-0.2, 0) is 10.0 Å². The summed E-state index contributed by atoms with van der Waals surface area (Å²) in [6.07, 6.45) is 1.85. The second-order valence-electron chi connectivity index (χ2n) is 6.32. The smallest absolute Gasteiger partial charge is 0.265 e. The lowest BCUT2D eigenvalue weighted by molar-refractivity contribution is 0.0950. The maximum Gasteiger partial charge on any atom is 0.265 e. The highest BCUT2D eigenvalue weighted by molar-refractivity contribution is 7.90. The quantitative estimate of drug-likeness (QED) is 0.713. The number of unbranched alkanes of at least 4 members (excludes halogenated alkanes) is 1. The Morgan fingerprint density at radius 2 is 1.63 bits per heavy atom. The van der Waals surface area contributed by atoms with Crippen LogP contribution in [0.4, 0.5) is 0 Å². The van der Waals surface area contributed by atoms with Gasteiger partial charge in [-0.1, -0.05) is 25.5 Å². The fraction of sp³-hybridized carbons (Fsp3) is 0.300. The Bertz CT molecular complexity index is 935. The molecule has 7 heteroatoms. The summed E-state index contributed by atoms with van der Waals surface area (Å²) in [6.45, 7) is 6.22. The van der Waals surface area contributed by atoms with E-state index in [0.717, 1.165) is 24.0 Å². The summed E-state index contributed by atoms with van der Waals surface area (Å²) in [5, 5.41) is 2.77. The first-order valence-corrected chi connectivity index (χ1v) is 10.3. The first-order valence-electron chi connectivity index (χ1n) is 8.78. The van der Waals surface area contributed by atoms with E-state index in [2.05, 4.69) is 10.0 Å². The molecule has 2 rings (SSSR count). The maximum absolute atomic E-state index is 12.5. The summed E-state index contributed by atoms with van der Waals surface area (Å²) in [7, 11) is -4.03. The van der Waals surface area contributed by atoms with Crippen molar-refractivity contribution in [2.75, 3.05) is 6.54 Å². The first kappa shape index (κ1) is 20.6. The molecule has 0 saturated carbocycles. The standard InChI is InChI=1S/C20H24N2O4S/c1-4-5-13-21-19(23)16-9-11-17(12-10-16)27(25,26)22-20(24)18-8-6-7-14(2)15(18)3/h6-12H,4-5,13H2,1-3H3,(H,21,23)(H,22,24). The van der Waals surface area contributed by atoms with Crippen LogP contribution in [-0.4, -0.2) is 26.8 Å². The Kier molecular flexibility index (Phi) is 6.74. The topological polar surface area (TPSA) is 92.3 Å². The van der Waals surface area contributed by atoms with Crippen molar-refractivity contribution in [3.8, 4) is 0 Å². The minimum absolute atomic E-state index is 0.0775. The molecule has 0 saturated heterocycles. The van der Waals surface area contributed by atoms with Gasteiger partial charge in [-0.25, -0.2) is 13.1 Å². The average Bonchev–Trinajstić information content (AvgIpc) is 2.63. The predicted molar refractivity (Wildman–Crippen MR) is 104 cm³/mol. The van der Waals surface area contributed by atoms with Crippen molar-refractivity contribution in [1.82, 2.24) is 10.0 Å². The molecule has 2 aromatic rings. The second-order valence-corrected chi connectivity index (χ2v) is 8.00. The lowest BCUT2D eigenvalue weighted by atomic mass is 10.0. The number of benzene rings is 2. The molecule has 2 amide bonds. The average molecular weight is 388 g/mol. The molecule has 0 bridgehead atoms. The second kappa shape index (κ2) is 8.81. The van der Waals surface area contributed by atoms with Crippen LogP contribution in [0.5, 0.6) is 0 Å². The van der Waals surface area contributed by atoms with Gasteiger partial charge >= 0.3 is 0 Å². The van der Waals surface area contributed by atoms with Gasteiger partial charge in [0.05, 0.1) is 4.90 Å². The molecule has 0 spiro atoms. The summed E-state index contributed by atoms with van der Waals surface area (Å²) < 4.78 is 27.0. The minimum atomic E-state index is -4.03. The summed E-state index contributed by atoms with van der Waals surface area (Å²) >= 11 is 0. The Balaban J connectivity index is 2.13. The van der Waals surface area contributed by atoms with Gasteiger partial charge in [-0.15, -0.1) is 0 Å². The van der Waals surface area contributed by atoms with Crippen molar-refractivity contribution in [2.24, 2.45) is 0 Å². The maximum atomic E-state index is 12.5. The Hall–Kier alpha value is -2.67. The van der Waals surface area contributed by atoms with Gasteiger partial charge in [0.15, 0.2) is 0 Å².